The first-order valence-electron chi connectivity index (χ1n) is 8.15. The molecule has 0 saturated heterocycles. The molecule has 2 aromatic rings. The van der Waals surface area contributed by atoms with Gasteiger partial charge in [-0.3, -0.25) is 0 Å². The van der Waals surface area contributed by atoms with Crippen LogP contribution in [-0.4, -0.2) is 26.2 Å². The number of para-hydroxylation sites is 1. The molecule has 0 spiro atoms. The Morgan fingerprint density at radius 3 is 2.50 bits per heavy atom. The third-order valence-corrected chi connectivity index (χ3v) is 4.11. The zero-order chi connectivity index (χ0) is 17.5. The third kappa shape index (κ3) is 4.28. The quantitative estimate of drug-likeness (QED) is 0.609. The highest BCUT2D eigenvalue weighted by molar-refractivity contribution is 5.96. The lowest BCUT2D eigenvalue weighted by atomic mass is 10.1. The maximum atomic E-state index is 11.8. The van der Waals surface area contributed by atoms with E-state index in [1.54, 1.807) is 6.07 Å². The van der Waals surface area contributed by atoms with Crippen molar-refractivity contribution >= 4 is 11.7 Å². The fraction of sp³-hybridized carbons (Fsp3) is 0.350. The zero-order valence-corrected chi connectivity index (χ0v) is 14.8. The molecule has 0 aliphatic heterocycles. The van der Waals surface area contributed by atoms with E-state index in [2.05, 4.69) is 25.2 Å². The molecule has 0 radical (unpaired) electrons. The highest BCUT2D eigenvalue weighted by Gasteiger charge is 2.13. The number of hydrogen-bond acceptors (Lipinski definition) is 4. The Kier molecular flexibility index (Phi) is 6.24. The van der Waals surface area contributed by atoms with Gasteiger partial charge in [-0.2, -0.15) is 0 Å². The number of esters is 1. The van der Waals surface area contributed by atoms with Crippen LogP contribution in [0.1, 0.15) is 33.5 Å². The van der Waals surface area contributed by atoms with Crippen LogP contribution in [-0.2, 0) is 4.74 Å². The van der Waals surface area contributed by atoms with Crippen molar-refractivity contribution in [2.24, 2.45) is 0 Å². The first-order valence-corrected chi connectivity index (χ1v) is 8.15. The van der Waals surface area contributed by atoms with Gasteiger partial charge in [-0.1, -0.05) is 24.3 Å². The summed E-state index contributed by atoms with van der Waals surface area (Å²) in [6, 6.07) is 11.7. The Hall–Kier alpha value is -2.49. The minimum atomic E-state index is -0.326. The van der Waals surface area contributed by atoms with Gasteiger partial charge in [0.05, 0.1) is 25.0 Å². The maximum absolute atomic E-state index is 11.8. The molecule has 0 atom stereocenters. The minimum absolute atomic E-state index is 0.326. The van der Waals surface area contributed by atoms with Crippen molar-refractivity contribution in [1.29, 1.82) is 0 Å². The van der Waals surface area contributed by atoms with Crippen molar-refractivity contribution in [2.75, 3.05) is 25.6 Å². The van der Waals surface area contributed by atoms with Gasteiger partial charge in [0.25, 0.3) is 0 Å². The highest BCUT2D eigenvalue weighted by atomic mass is 16.5. The van der Waals surface area contributed by atoms with Gasteiger partial charge in [0.2, 0.25) is 0 Å². The second-order valence-corrected chi connectivity index (χ2v) is 5.82. The molecule has 0 aliphatic rings. The number of rotatable bonds is 7. The molecule has 0 unspecified atom stereocenters. The van der Waals surface area contributed by atoms with Gasteiger partial charge < -0.3 is 14.8 Å². The highest BCUT2D eigenvalue weighted by Crippen LogP contribution is 2.22. The molecule has 0 aliphatic carbocycles. The summed E-state index contributed by atoms with van der Waals surface area (Å²) in [5.41, 5.74) is 4.82. The zero-order valence-electron chi connectivity index (χ0n) is 14.8. The second kappa shape index (κ2) is 8.39. The number of methoxy groups -OCH3 is 1. The molecule has 2 aromatic carbocycles. The Morgan fingerprint density at radius 1 is 1.04 bits per heavy atom. The summed E-state index contributed by atoms with van der Waals surface area (Å²) in [6.07, 6.45) is 0.836. The number of anilines is 1. The van der Waals surface area contributed by atoms with E-state index in [0.717, 1.165) is 30.0 Å². The molecule has 24 heavy (non-hydrogen) atoms. The van der Waals surface area contributed by atoms with Gasteiger partial charge in [-0.25, -0.2) is 4.79 Å². The van der Waals surface area contributed by atoms with Crippen LogP contribution in [0.25, 0.3) is 0 Å². The topological polar surface area (TPSA) is 47.6 Å². The van der Waals surface area contributed by atoms with Crippen LogP contribution in [0.15, 0.2) is 36.4 Å². The molecule has 4 heteroatoms. The lowest BCUT2D eigenvalue weighted by Crippen LogP contribution is -2.12. The number of carbonyl (C=O) groups is 1. The van der Waals surface area contributed by atoms with Gasteiger partial charge in [0, 0.05) is 6.54 Å². The van der Waals surface area contributed by atoms with E-state index in [1.165, 1.54) is 18.2 Å². The summed E-state index contributed by atoms with van der Waals surface area (Å²) in [5.74, 6) is 0.606. The number of aryl methyl sites for hydroxylation is 2. The lowest BCUT2D eigenvalue weighted by Gasteiger charge is -2.14. The van der Waals surface area contributed by atoms with Crippen LogP contribution in [0.4, 0.5) is 5.69 Å². The average Bonchev–Trinajstić information content (AvgIpc) is 2.58. The molecule has 0 heterocycles. The fourth-order valence-electron chi connectivity index (χ4n) is 2.53. The van der Waals surface area contributed by atoms with Gasteiger partial charge in [-0.05, 0) is 56.0 Å². The fourth-order valence-corrected chi connectivity index (χ4v) is 2.53. The predicted molar refractivity (Wildman–Crippen MR) is 97.0 cm³/mol. The number of benzene rings is 2. The molecule has 1 N–H and O–H groups in total. The predicted octanol–water partition coefficient (Wildman–Crippen LogP) is 4.28. The summed E-state index contributed by atoms with van der Waals surface area (Å²) in [6.45, 7) is 7.47. The van der Waals surface area contributed by atoms with Crippen molar-refractivity contribution in [3.63, 3.8) is 0 Å². The monoisotopic (exact) mass is 327 g/mol. The van der Waals surface area contributed by atoms with Crippen molar-refractivity contribution in [3.05, 3.63) is 58.7 Å². The van der Waals surface area contributed by atoms with Crippen LogP contribution in [0, 0.1) is 20.8 Å². The normalized spacial score (nSPS) is 10.3. The largest absolute Gasteiger partial charge is 0.493 e. The summed E-state index contributed by atoms with van der Waals surface area (Å²) in [5, 5.41) is 3.33. The summed E-state index contributed by atoms with van der Waals surface area (Å²) in [4.78, 5) is 11.8. The molecule has 0 bridgehead atoms. The van der Waals surface area contributed by atoms with Crippen molar-refractivity contribution in [1.82, 2.24) is 0 Å². The minimum Gasteiger partial charge on any atom is -0.493 e. The molecule has 0 saturated carbocycles. The van der Waals surface area contributed by atoms with Crippen LogP contribution in [0.2, 0.25) is 0 Å². The van der Waals surface area contributed by atoms with Crippen LogP contribution < -0.4 is 10.1 Å². The molecule has 0 aromatic heterocycles. The first-order chi connectivity index (χ1) is 11.5. The summed E-state index contributed by atoms with van der Waals surface area (Å²) >= 11 is 0. The van der Waals surface area contributed by atoms with Crippen molar-refractivity contribution in [3.8, 4) is 5.75 Å². The SMILES string of the molecule is COC(=O)c1cccc(C)c1NCCCOc1cccc(C)c1C. The molecule has 2 rings (SSSR count). The number of nitrogens with one attached hydrogen (secondary N) is 1. The van der Waals surface area contributed by atoms with Crippen LogP contribution >= 0.6 is 0 Å². The average molecular weight is 327 g/mol. The van der Waals surface area contributed by atoms with E-state index in [1.807, 2.05) is 31.2 Å². The van der Waals surface area contributed by atoms with E-state index in [4.69, 9.17) is 9.47 Å². The lowest BCUT2D eigenvalue weighted by molar-refractivity contribution is 0.0601. The first kappa shape index (κ1) is 17.9. The Bertz CT molecular complexity index is 710. The number of ether oxygens (including phenoxy) is 2. The summed E-state index contributed by atoms with van der Waals surface area (Å²) < 4.78 is 10.7. The Balaban J connectivity index is 1.89. The standard InChI is InChI=1S/C20H25NO3/c1-14-8-6-11-18(16(14)3)24-13-7-12-21-19-15(2)9-5-10-17(19)20(22)23-4/h5-6,8-11,21H,7,12-13H2,1-4H3. The summed E-state index contributed by atoms with van der Waals surface area (Å²) in [7, 11) is 1.40. The molecule has 0 fully saturated rings. The van der Waals surface area contributed by atoms with E-state index >= 15 is 0 Å². The molecule has 0 amide bonds. The molecule has 128 valence electrons. The molecular weight excluding hydrogens is 302 g/mol. The second-order valence-electron chi connectivity index (χ2n) is 5.82. The van der Waals surface area contributed by atoms with Crippen LogP contribution in [0.3, 0.4) is 0 Å². The van der Waals surface area contributed by atoms with Gasteiger partial charge >= 0.3 is 5.97 Å². The van der Waals surface area contributed by atoms with Gasteiger partial charge in [0.1, 0.15) is 5.75 Å². The third-order valence-electron chi connectivity index (χ3n) is 4.11. The smallest absolute Gasteiger partial charge is 0.339 e. The van der Waals surface area contributed by atoms with E-state index in [0.29, 0.717) is 12.2 Å². The molecule has 4 nitrogen and oxygen atoms in total. The molecular formula is C20H25NO3. The maximum Gasteiger partial charge on any atom is 0.339 e. The van der Waals surface area contributed by atoms with Crippen molar-refractivity contribution in [2.45, 2.75) is 27.2 Å². The van der Waals surface area contributed by atoms with Gasteiger partial charge in [-0.15, -0.1) is 0 Å². The Labute approximate surface area is 143 Å². The van der Waals surface area contributed by atoms with Crippen LogP contribution in [0.5, 0.6) is 5.75 Å². The number of hydrogen-bond donors (Lipinski definition) is 1. The van der Waals surface area contributed by atoms with E-state index < -0.39 is 0 Å². The number of carbonyl (C=O) groups excluding carboxylic acids is 1. The van der Waals surface area contributed by atoms with Gasteiger partial charge in [0.15, 0.2) is 0 Å². The van der Waals surface area contributed by atoms with Crippen molar-refractivity contribution < 1.29 is 14.3 Å². The van der Waals surface area contributed by atoms with E-state index in [-0.39, 0.29) is 5.97 Å². The Morgan fingerprint density at radius 2 is 1.75 bits per heavy atom. The van der Waals surface area contributed by atoms with E-state index in [9.17, 15) is 4.79 Å².